The number of hydrogen-bond donors (Lipinski definition) is 3. The zero-order chi connectivity index (χ0) is 17.9. The lowest BCUT2D eigenvalue weighted by Gasteiger charge is -2.22. The molecular formula is C19H32N4OS. The lowest BCUT2D eigenvalue weighted by molar-refractivity contribution is -0.121. The van der Waals surface area contributed by atoms with Crippen molar-refractivity contribution in [3.8, 4) is 0 Å². The summed E-state index contributed by atoms with van der Waals surface area (Å²) in [5.74, 6) is 1.33. The van der Waals surface area contributed by atoms with Crippen molar-refractivity contribution in [2.45, 2.75) is 64.3 Å². The summed E-state index contributed by atoms with van der Waals surface area (Å²) in [4.78, 5) is 16.7. The molecule has 0 radical (unpaired) electrons. The predicted octanol–water partition coefficient (Wildman–Crippen LogP) is 3.25. The van der Waals surface area contributed by atoms with Gasteiger partial charge >= 0.3 is 0 Å². The molecule has 1 aliphatic carbocycles. The fourth-order valence-electron chi connectivity index (χ4n) is 3.07. The Balaban J connectivity index is 1.70. The maximum atomic E-state index is 12.1. The van der Waals surface area contributed by atoms with Gasteiger partial charge in [-0.2, -0.15) is 11.3 Å². The number of carbonyl (C=O) groups excluding carboxylic acids is 1. The molecule has 2 rings (SSSR count). The van der Waals surface area contributed by atoms with Gasteiger partial charge in [0.1, 0.15) is 0 Å². The molecule has 5 nitrogen and oxygen atoms in total. The Morgan fingerprint density at radius 3 is 2.80 bits per heavy atom. The van der Waals surface area contributed by atoms with Crippen LogP contribution >= 0.6 is 11.3 Å². The van der Waals surface area contributed by atoms with Gasteiger partial charge in [-0.25, -0.2) is 0 Å². The maximum absolute atomic E-state index is 12.1. The van der Waals surface area contributed by atoms with Crippen molar-refractivity contribution in [2.75, 3.05) is 19.6 Å². The van der Waals surface area contributed by atoms with Crippen LogP contribution in [0.2, 0.25) is 0 Å². The summed E-state index contributed by atoms with van der Waals surface area (Å²) >= 11 is 1.72. The minimum Gasteiger partial charge on any atom is -0.357 e. The summed E-state index contributed by atoms with van der Waals surface area (Å²) in [5, 5.41) is 14.0. The van der Waals surface area contributed by atoms with E-state index in [1.54, 1.807) is 11.3 Å². The Hall–Kier alpha value is -1.56. The lowest BCUT2D eigenvalue weighted by Crippen LogP contribution is -2.41. The Morgan fingerprint density at radius 2 is 2.12 bits per heavy atom. The molecule has 1 atom stereocenters. The molecule has 1 unspecified atom stereocenters. The second kappa shape index (κ2) is 11.1. The molecule has 6 heteroatoms. The Morgan fingerprint density at radius 1 is 1.32 bits per heavy atom. The number of rotatable bonds is 8. The third kappa shape index (κ3) is 7.46. The smallest absolute Gasteiger partial charge is 0.221 e. The van der Waals surface area contributed by atoms with E-state index < -0.39 is 0 Å². The fraction of sp³-hybridized carbons (Fsp3) is 0.684. The number of hydrogen-bond acceptors (Lipinski definition) is 3. The average molecular weight is 365 g/mol. The Bertz CT molecular complexity index is 524. The predicted molar refractivity (Wildman–Crippen MR) is 106 cm³/mol. The second-order valence-corrected chi connectivity index (χ2v) is 7.54. The summed E-state index contributed by atoms with van der Waals surface area (Å²) in [5.41, 5.74) is 1.33. The number of thiophene rings is 1. The van der Waals surface area contributed by atoms with Crippen molar-refractivity contribution < 1.29 is 4.79 Å². The molecular weight excluding hydrogens is 332 g/mol. The van der Waals surface area contributed by atoms with Crippen molar-refractivity contribution in [2.24, 2.45) is 4.99 Å². The van der Waals surface area contributed by atoms with E-state index in [2.05, 4.69) is 51.6 Å². The van der Waals surface area contributed by atoms with Gasteiger partial charge in [0.25, 0.3) is 0 Å². The quantitative estimate of drug-likeness (QED) is 0.490. The summed E-state index contributed by atoms with van der Waals surface area (Å²) < 4.78 is 0. The normalized spacial score (nSPS) is 17.1. The zero-order valence-corrected chi connectivity index (χ0v) is 16.3. The topological polar surface area (TPSA) is 65.5 Å². The van der Waals surface area contributed by atoms with Crippen molar-refractivity contribution >= 4 is 23.2 Å². The molecule has 1 aromatic heterocycles. The summed E-state index contributed by atoms with van der Waals surface area (Å²) in [6.07, 6.45) is 6.53. The first kappa shape index (κ1) is 19.8. The Labute approximate surface area is 155 Å². The standard InChI is InChI=1S/C19H32N4OS/c1-3-20-19(22-13-15(2)16-10-12-25-14-16)21-11-9-18(24)23-17-7-5-4-6-8-17/h10,12,14-15,17H,3-9,11,13H2,1-2H3,(H,23,24)(H2,20,21,22). The highest BCUT2D eigenvalue weighted by Gasteiger charge is 2.15. The van der Waals surface area contributed by atoms with Crippen LogP contribution in [0.25, 0.3) is 0 Å². The van der Waals surface area contributed by atoms with Gasteiger partial charge in [-0.3, -0.25) is 9.79 Å². The van der Waals surface area contributed by atoms with E-state index in [4.69, 9.17) is 0 Å². The van der Waals surface area contributed by atoms with Gasteiger partial charge in [-0.1, -0.05) is 26.2 Å². The monoisotopic (exact) mass is 364 g/mol. The number of nitrogens with one attached hydrogen (secondary N) is 3. The zero-order valence-electron chi connectivity index (χ0n) is 15.5. The molecule has 1 saturated carbocycles. The van der Waals surface area contributed by atoms with Gasteiger partial charge in [0.05, 0.1) is 0 Å². The minimum atomic E-state index is 0.141. The molecule has 25 heavy (non-hydrogen) atoms. The van der Waals surface area contributed by atoms with Gasteiger partial charge in [0.15, 0.2) is 5.96 Å². The molecule has 140 valence electrons. The number of aliphatic imine (C=N–C) groups is 1. The average Bonchev–Trinajstić information content (AvgIpc) is 3.15. The van der Waals surface area contributed by atoms with E-state index in [1.165, 1.54) is 24.8 Å². The van der Waals surface area contributed by atoms with Gasteiger partial charge in [-0.15, -0.1) is 0 Å². The van der Waals surface area contributed by atoms with E-state index in [-0.39, 0.29) is 5.91 Å². The molecule has 0 spiro atoms. The van der Waals surface area contributed by atoms with Crippen LogP contribution in [0.5, 0.6) is 0 Å². The molecule has 0 aromatic carbocycles. The van der Waals surface area contributed by atoms with Crippen molar-refractivity contribution in [1.82, 2.24) is 16.0 Å². The molecule has 0 aliphatic heterocycles. The van der Waals surface area contributed by atoms with Gasteiger partial charge in [0.2, 0.25) is 5.91 Å². The molecule has 1 heterocycles. The third-order valence-electron chi connectivity index (χ3n) is 4.59. The highest BCUT2D eigenvalue weighted by atomic mass is 32.1. The van der Waals surface area contributed by atoms with Crippen LogP contribution in [0.1, 0.15) is 63.9 Å². The molecule has 0 bridgehead atoms. The first-order valence-corrected chi connectivity index (χ1v) is 10.5. The number of nitrogens with zero attached hydrogens (tertiary/aromatic N) is 1. The lowest BCUT2D eigenvalue weighted by atomic mass is 9.95. The molecule has 1 amide bonds. The van der Waals surface area contributed by atoms with Gasteiger partial charge < -0.3 is 16.0 Å². The molecule has 0 saturated heterocycles. The third-order valence-corrected chi connectivity index (χ3v) is 5.30. The van der Waals surface area contributed by atoms with Crippen LogP contribution in [0.3, 0.4) is 0 Å². The number of carbonyl (C=O) groups is 1. The van der Waals surface area contributed by atoms with Crippen LogP contribution in [-0.2, 0) is 4.79 Å². The van der Waals surface area contributed by atoms with Crippen molar-refractivity contribution in [3.63, 3.8) is 0 Å². The first-order valence-electron chi connectivity index (χ1n) is 9.52. The summed E-state index contributed by atoms with van der Waals surface area (Å²) in [6.45, 7) is 6.40. The first-order chi connectivity index (χ1) is 12.2. The van der Waals surface area contributed by atoms with E-state index in [1.807, 2.05) is 0 Å². The van der Waals surface area contributed by atoms with Gasteiger partial charge in [-0.05, 0) is 42.2 Å². The van der Waals surface area contributed by atoms with E-state index in [9.17, 15) is 4.79 Å². The Kier molecular flexibility index (Phi) is 8.80. The molecule has 1 fully saturated rings. The second-order valence-electron chi connectivity index (χ2n) is 6.76. The highest BCUT2D eigenvalue weighted by molar-refractivity contribution is 7.07. The van der Waals surface area contributed by atoms with E-state index in [0.717, 1.165) is 31.9 Å². The maximum Gasteiger partial charge on any atom is 0.221 e. The number of guanidine groups is 1. The summed E-state index contributed by atoms with van der Waals surface area (Å²) in [6, 6.07) is 2.54. The van der Waals surface area contributed by atoms with Crippen molar-refractivity contribution in [3.05, 3.63) is 22.4 Å². The SMILES string of the molecule is CCNC(=NCC(C)c1ccsc1)NCCC(=O)NC1CCCCC1. The molecule has 3 N–H and O–H groups in total. The van der Waals surface area contributed by atoms with E-state index >= 15 is 0 Å². The van der Waals surface area contributed by atoms with Crippen LogP contribution in [0.4, 0.5) is 0 Å². The van der Waals surface area contributed by atoms with Gasteiger partial charge in [0, 0.05) is 38.0 Å². The molecule has 1 aliphatic rings. The largest absolute Gasteiger partial charge is 0.357 e. The van der Waals surface area contributed by atoms with Crippen LogP contribution < -0.4 is 16.0 Å². The van der Waals surface area contributed by atoms with Crippen LogP contribution in [0.15, 0.2) is 21.8 Å². The van der Waals surface area contributed by atoms with Crippen LogP contribution in [0, 0.1) is 0 Å². The fourth-order valence-corrected chi connectivity index (χ4v) is 3.85. The summed E-state index contributed by atoms with van der Waals surface area (Å²) in [7, 11) is 0. The number of amides is 1. The highest BCUT2D eigenvalue weighted by Crippen LogP contribution is 2.18. The van der Waals surface area contributed by atoms with E-state index in [0.29, 0.717) is 24.9 Å². The minimum absolute atomic E-state index is 0.141. The van der Waals surface area contributed by atoms with Crippen molar-refractivity contribution in [1.29, 1.82) is 0 Å². The van der Waals surface area contributed by atoms with Crippen LogP contribution in [-0.4, -0.2) is 37.5 Å². The molecule has 1 aromatic rings.